The maximum atomic E-state index is 13.2. The van der Waals surface area contributed by atoms with E-state index >= 15 is 0 Å². The van der Waals surface area contributed by atoms with Gasteiger partial charge in [0, 0.05) is 10.6 Å². The topological polar surface area (TPSA) is 66.8 Å². The van der Waals surface area contributed by atoms with Crippen molar-refractivity contribution in [1.82, 2.24) is 0 Å². The lowest BCUT2D eigenvalue weighted by Gasteiger charge is -2.25. The van der Waals surface area contributed by atoms with Gasteiger partial charge in [0.15, 0.2) is 0 Å². The van der Waals surface area contributed by atoms with Gasteiger partial charge in [-0.05, 0) is 54.6 Å². The van der Waals surface area contributed by atoms with E-state index in [1.54, 1.807) is 18.2 Å². The quantitative estimate of drug-likeness (QED) is 0.315. The van der Waals surface area contributed by atoms with Gasteiger partial charge in [-0.2, -0.15) is 0 Å². The average molecular weight is 454 g/mol. The standard InChI is InChI=1S/C24H20ClNO4S/c1-13-11-15(23(30-3)16(25)12-13)21(27)19-20(18-9-6-10-31-18)26(24(29)22(19)28)17-8-5-4-7-14(17)2/h4-12,20,27H,1-3H3/b21-19-. The molecule has 1 fully saturated rings. The number of nitrogens with zero attached hydrogens (tertiary/aromatic N) is 1. The number of benzene rings is 2. The molecule has 1 N–H and O–H groups in total. The van der Waals surface area contributed by atoms with E-state index < -0.39 is 17.7 Å². The number of carbonyl (C=O) groups is 2. The first-order valence-corrected chi connectivity index (χ1v) is 10.9. The van der Waals surface area contributed by atoms with Crippen molar-refractivity contribution in [1.29, 1.82) is 0 Å². The number of thiophene rings is 1. The number of aliphatic hydroxyl groups excluding tert-OH is 1. The van der Waals surface area contributed by atoms with Crippen molar-refractivity contribution in [2.24, 2.45) is 0 Å². The molecule has 1 amide bonds. The lowest BCUT2D eigenvalue weighted by atomic mass is 9.98. The van der Waals surface area contributed by atoms with Gasteiger partial charge in [-0.3, -0.25) is 14.5 Å². The Morgan fingerprint density at radius 3 is 2.52 bits per heavy atom. The molecule has 1 saturated heterocycles. The number of Topliss-reactive ketones (excluding diaryl/α,β-unsaturated/α-hetero) is 1. The lowest BCUT2D eigenvalue weighted by Crippen LogP contribution is -2.29. The summed E-state index contributed by atoms with van der Waals surface area (Å²) in [5, 5.41) is 13.5. The number of ether oxygens (including phenoxy) is 1. The minimum Gasteiger partial charge on any atom is -0.507 e. The molecule has 3 aromatic rings. The molecule has 2 heterocycles. The molecule has 1 aliphatic heterocycles. The van der Waals surface area contributed by atoms with Gasteiger partial charge < -0.3 is 9.84 Å². The normalized spacial score (nSPS) is 17.9. The molecule has 158 valence electrons. The summed E-state index contributed by atoms with van der Waals surface area (Å²) in [5.74, 6) is -1.50. The number of rotatable bonds is 4. The molecule has 1 atom stereocenters. The number of para-hydroxylation sites is 1. The number of halogens is 1. The molecular weight excluding hydrogens is 434 g/mol. The minimum absolute atomic E-state index is 0.00988. The molecule has 0 aliphatic carbocycles. The summed E-state index contributed by atoms with van der Waals surface area (Å²) in [5.41, 5.74) is 2.54. The zero-order valence-electron chi connectivity index (χ0n) is 17.2. The van der Waals surface area contributed by atoms with Gasteiger partial charge in [-0.15, -0.1) is 11.3 Å². The monoisotopic (exact) mass is 453 g/mol. The van der Waals surface area contributed by atoms with Crippen molar-refractivity contribution in [2.75, 3.05) is 12.0 Å². The number of hydrogen-bond acceptors (Lipinski definition) is 5. The predicted octanol–water partition coefficient (Wildman–Crippen LogP) is 5.65. The van der Waals surface area contributed by atoms with Crippen molar-refractivity contribution >= 4 is 46.1 Å². The second-order valence-electron chi connectivity index (χ2n) is 7.30. The third-order valence-corrected chi connectivity index (χ3v) is 6.48. The van der Waals surface area contributed by atoms with E-state index in [4.69, 9.17) is 16.3 Å². The highest BCUT2D eigenvalue weighted by Crippen LogP contribution is 2.46. The summed E-state index contributed by atoms with van der Waals surface area (Å²) in [7, 11) is 1.44. The molecule has 0 spiro atoms. The van der Waals surface area contributed by atoms with E-state index in [0.717, 1.165) is 16.0 Å². The van der Waals surface area contributed by atoms with Crippen molar-refractivity contribution in [3.8, 4) is 5.75 Å². The third-order valence-electron chi connectivity index (χ3n) is 5.28. The first kappa shape index (κ1) is 21.2. The predicted molar refractivity (Wildman–Crippen MR) is 123 cm³/mol. The number of anilines is 1. The molecule has 1 aliphatic rings. The van der Waals surface area contributed by atoms with Gasteiger partial charge in [0.1, 0.15) is 17.6 Å². The summed E-state index contributed by atoms with van der Waals surface area (Å²) in [4.78, 5) is 28.6. The second kappa shape index (κ2) is 8.21. The number of carbonyl (C=O) groups excluding carboxylic acids is 2. The molecule has 31 heavy (non-hydrogen) atoms. The van der Waals surface area contributed by atoms with Crippen LogP contribution in [0.2, 0.25) is 5.02 Å². The fraction of sp³-hybridized carbons (Fsp3) is 0.167. The SMILES string of the molecule is COc1c(Cl)cc(C)cc1/C(O)=C1/C(=O)C(=O)N(c2ccccc2C)C1c1cccs1. The Labute approximate surface area is 189 Å². The molecule has 2 aromatic carbocycles. The molecule has 5 nitrogen and oxygen atoms in total. The largest absolute Gasteiger partial charge is 0.507 e. The van der Waals surface area contributed by atoms with Crippen LogP contribution in [0.3, 0.4) is 0 Å². The Morgan fingerprint density at radius 2 is 1.87 bits per heavy atom. The zero-order chi connectivity index (χ0) is 22.3. The third kappa shape index (κ3) is 3.52. The Kier molecular flexibility index (Phi) is 5.60. The van der Waals surface area contributed by atoms with Crippen LogP contribution in [-0.2, 0) is 9.59 Å². The summed E-state index contributed by atoms with van der Waals surface area (Å²) in [6, 6.07) is 13.7. The van der Waals surface area contributed by atoms with Crippen LogP contribution in [0.4, 0.5) is 5.69 Å². The van der Waals surface area contributed by atoms with Gasteiger partial charge in [-0.25, -0.2) is 0 Å². The van der Waals surface area contributed by atoms with E-state index in [-0.39, 0.29) is 22.6 Å². The summed E-state index contributed by atoms with van der Waals surface area (Å²) < 4.78 is 5.40. The van der Waals surface area contributed by atoms with Crippen molar-refractivity contribution < 1.29 is 19.4 Å². The average Bonchev–Trinajstić information content (AvgIpc) is 3.35. The minimum atomic E-state index is -0.759. The Bertz CT molecular complexity index is 1220. The highest BCUT2D eigenvalue weighted by atomic mass is 35.5. The Morgan fingerprint density at radius 1 is 1.13 bits per heavy atom. The Balaban J connectivity index is 2.00. The Hall–Kier alpha value is -3.09. The van der Waals surface area contributed by atoms with Crippen LogP contribution >= 0.6 is 22.9 Å². The van der Waals surface area contributed by atoms with Crippen molar-refractivity contribution in [3.63, 3.8) is 0 Å². The number of hydrogen-bond donors (Lipinski definition) is 1. The van der Waals surface area contributed by atoms with Gasteiger partial charge >= 0.3 is 0 Å². The van der Waals surface area contributed by atoms with Gasteiger partial charge in [-0.1, -0.05) is 35.9 Å². The zero-order valence-corrected chi connectivity index (χ0v) is 18.8. The van der Waals surface area contributed by atoms with E-state index in [1.807, 2.05) is 49.6 Å². The number of amides is 1. The van der Waals surface area contributed by atoms with Gasteiger partial charge in [0.2, 0.25) is 0 Å². The first-order chi connectivity index (χ1) is 14.8. The maximum Gasteiger partial charge on any atom is 0.300 e. The highest BCUT2D eigenvalue weighted by Gasteiger charge is 2.48. The van der Waals surface area contributed by atoms with E-state index in [9.17, 15) is 14.7 Å². The highest BCUT2D eigenvalue weighted by molar-refractivity contribution is 7.10. The van der Waals surface area contributed by atoms with Gasteiger partial charge in [0.05, 0.1) is 23.3 Å². The smallest absolute Gasteiger partial charge is 0.300 e. The van der Waals surface area contributed by atoms with Crippen LogP contribution in [0.25, 0.3) is 5.76 Å². The molecule has 0 bridgehead atoms. The summed E-state index contributed by atoms with van der Waals surface area (Å²) >= 11 is 7.73. The van der Waals surface area contributed by atoms with Crippen LogP contribution in [0.1, 0.15) is 27.6 Å². The fourth-order valence-electron chi connectivity index (χ4n) is 3.89. The first-order valence-electron chi connectivity index (χ1n) is 9.59. The van der Waals surface area contributed by atoms with Crippen LogP contribution in [-0.4, -0.2) is 23.9 Å². The molecular formula is C24H20ClNO4S. The maximum absolute atomic E-state index is 13.2. The van der Waals surface area contributed by atoms with Gasteiger partial charge in [0.25, 0.3) is 11.7 Å². The van der Waals surface area contributed by atoms with Crippen LogP contribution in [0, 0.1) is 13.8 Å². The van der Waals surface area contributed by atoms with E-state index in [0.29, 0.717) is 10.7 Å². The van der Waals surface area contributed by atoms with Crippen LogP contribution in [0.15, 0.2) is 59.5 Å². The number of aliphatic hydroxyl groups is 1. The van der Waals surface area contributed by atoms with Crippen LogP contribution < -0.4 is 9.64 Å². The fourth-order valence-corrected chi connectivity index (χ4v) is 5.06. The molecule has 7 heteroatoms. The summed E-state index contributed by atoms with van der Waals surface area (Å²) in [6.07, 6.45) is 0. The molecule has 4 rings (SSSR count). The second-order valence-corrected chi connectivity index (χ2v) is 8.69. The van der Waals surface area contributed by atoms with Crippen LogP contribution in [0.5, 0.6) is 5.75 Å². The van der Waals surface area contributed by atoms with E-state index in [2.05, 4.69) is 0 Å². The number of aryl methyl sites for hydroxylation is 2. The molecule has 1 unspecified atom stereocenters. The van der Waals surface area contributed by atoms with Crippen molar-refractivity contribution in [3.05, 3.63) is 86.1 Å². The molecule has 0 radical (unpaired) electrons. The lowest BCUT2D eigenvalue weighted by molar-refractivity contribution is -0.132. The van der Waals surface area contributed by atoms with E-state index in [1.165, 1.54) is 23.3 Å². The molecule has 1 aromatic heterocycles. The molecule has 0 saturated carbocycles. The summed E-state index contributed by atoms with van der Waals surface area (Å²) in [6.45, 7) is 3.70. The number of methoxy groups -OCH3 is 1. The number of ketones is 1. The van der Waals surface area contributed by atoms with Crippen molar-refractivity contribution in [2.45, 2.75) is 19.9 Å².